The molecule has 0 aromatic heterocycles. The van der Waals surface area contributed by atoms with Gasteiger partial charge in [-0.1, -0.05) is 56.3 Å². The Morgan fingerprint density at radius 3 is 2.43 bits per heavy atom. The number of Topliss-reactive ketones (excluding diaryl/α,β-unsaturated/α-hetero) is 1. The smallest absolute Gasteiger partial charge is 0.167 e. The zero-order valence-electron chi connectivity index (χ0n) is 12.8. The molecule has 0 saturated carbocycles. The van der Waals surface area contributed by atoms with Gasteiger partial charge in [0.25, 0.3) is 0 Å². The first-order valence-electron chi connectivity index (χ1n) is 7.49. The number of rotatable bonds is 6. The van der Waals surface area contributed by atoms with Gasteiger partial charge in [0, 0.05) is 18.5 Å². The van der Waals surface area contributed by atoms with Crippen molar-refractivity contribution in [2.75, 3.05) is 0 Å². The number of hydrogen-bond acceptors (Lipinski definition) is 2. The Bertz CT molecular complexity index is 616. The van der Waals surface area contributed by atoms with Crippen LogP contribution in [-0.2, 0) is 19.4 Å². The number of ketones is 1. The summed E-state index contributed by atoms with van der Waals surface area (Å²) in [5.41, 5.74) is 9.82. The van der Waals surface area contributed by atoms with Crippen LogP contribution >= 0.6 is 0 Å². The standard InChI is InChI=1S/C19H23NO/c1-14(2)10-15-6-5-9-17(11-15)19(21)12-16-7-3-4-8-18(16)13-20/h3-9,11,14H,10,12-13,20H2,1-2H3. The van der Waals surface area contributed by atoms with Crippen LogP contribution < -0.4 is 5.73 Å². The molecule has 2 aromatic carbocycles. The zero-order chi connectivity index (χ0) is 15.2. The molecule has 2 heteroatoms. The van der Waals surface area contributed by atoms with Crippen molar-refractivity contribution < 1.29 is 4.79 Å². The predicted octanol–water partition coefficient (Wildman–Crippen LogP) is 3.77. The van der Waals surface area contributed by atoms with Crippen LogP contribution in [0.2, 0.25) is 0 Å². The van der Waals surface area contributed by atoms with Crippen LogP contribution in [0.1, 0.15) is 40.9 Å². The SMILES string of the molecule is CC(C)Cc1cccc(C(=O)Cc2ccccc2CN)c1. The van der Waals surface area contributed by atoms with Crippen molar-refractivity contribution in [3.05, 3.63) is 70.8 Å². The number of benzene rings is 2. The van der Waals surface area contributed by atoms with Crippen LogP contribution in [-0.4, -0.2) is 5.78 Å². The van der Waals surface area contributed by atoms with Gasteiger partial charge in [0.05, 0.1) is 0 Å². The normalized spacial score (nSPS) is 10.9. The molecule has 0 fully saturated rings. The first kappa shape index (κ1) is 15.5. The molecule has 0 aliphatic carbocycles. The Balaban J connectivity index is 2.16. The maximum atomic E-state index is 12.5. The first-order valence-corrected chi connectivity index (χ1v) is 7.49. The Morgan fingerprint density at radius 1 is 1.05 bits per heavy atom. The Hall–Kier alpha value is -1.93. The van der Waals surface area contributed by atoms with Crippen molar-refractivity contribution in [1.29, 1.82) is 0 Å². The molecule has 2 rings (SSSR count). The lowest BCUT2D eigenvalue weighted by molar-refractivity contribution is 0.0992. The third kappa shape index (κ3) is 4.27. The molecule has 0 spiro atoms. The van der Waals surface area contributed by atoms with E-state index in [0.29, 0.717) is 18.9 Å². The van der Waals surface area contributed by atoms with E-state index >= 15 is 0 Å². The van der Waals surface area contributed by atoms with Crippen LogP contribution in [0, 0.1) is 5.92 Å². The second kappa shape index (κ2) is 7.19. The largest absolute Gasteiger partial charge is 0.326 e. The highest BCUT2D eigenvalue weighted by atomic mass is 16.1. The third-order valence-electron chi connectivity index (χ3n) is 3.58. The lowest BCUT2D eigenvalue weighted by Gasteiger charge is -2.09. The summed E-state index contributed by atoms with van der Waals surface area (Å²) < 4.78 is 0. The molecule has 0 unspecified atom stereocenters. The highest BCUT2D eigenvalue weighted by molar-refractivity contribution is 5.97. The quantitative estimate of drug-likeness (QED) is 0.819. The van der Waals surface area contributed by atoms with Crippen molar-refractivity contribution in [2.45, 2.75) is 33.2 Å². The Kier molecular flexibility index (Phi) is 5.29. The molecule has 0 aliphatic rings. The van der Waals surface area contributed by atoms with Gasteiger partial charge in [0.2, 0.25) is 0 Å². The monoisotopic (exact) mass is 281 g/mol. The van der Waals surface area contributed by atoms with E-state index in [2.05, 4.69) is 19.9 Å². The Labute approximate surface area is 127 Å². The molecular weight excluding hydrogens is 258 g/mol. The molecule has 0 bridgehead atoms. The fraction of sp³-hybridized carbons (Fsp3) is 0.316. The molecule has 0 atom stereocenters. The highest BCUT2D eigenvalue weighted by Crippen LogP contribution is 2.15. The fourth-order valence-electron chi connectivity index (χ4n) is 2.55. The highest BCUT2D eigenvalue weighted by Gasteiger charge is 2.10. The third-order valence-corrected chi connectivity index (χ3v) is 3.58. The van der Waals surface area contributed by atoms with Crippen molar-refractivity contribution >= 4 is 5.78 Å². The minimum absolute atomic E-state index is 0.154. The van der Waals surface area contributed by atoms with Crippen molar-refractivity contribution in [3.8, 4) is 0 Å². The average Bonchev–Trinajstić information content (AvgIpc) is 2.47. The van der Waals surface area contributed by atoms with Crippen molar-refractivity contribution in [3.63, 3.8) is 0 Å². The maximum absolute atomic E-state index is 12.5. The molecule has 0 heterocycles. The average molecular weight is 281 g/mol. The summed E-state index contributed by atoms with van der Waals surface area (Å²) >= 11 is 0. The molecule has 0 saturated heterocycles. The van der Waals surface area contributed by atoms with E-state index < -0.39 is 0 Å². The predicted molar refractivity (Wildman–Crippen MR) is 87.4 cm³/mol. The van der Waals surface area contributed by atoms with Gasteiger partial charge in [-0.15, -0.1) is 0 Å². The molecule has 0 radical (unpaired) electrons. The molecule has 110 valence electrons. The maximum Gasteiger partial charge on any atom is 0.167 e. The van der Waals surface area contributed by atoms with Gasteiger partial charge in [-0.3, -0.25) is 4.79 Å². The van der Waals surface area contributed by atoms with E-state index in [1.165, 1.54) is 5.56 Å². The molecule has 0 aliphatic heterocycles. The summed E-state index contributed by atoms with van der Waals surface area (Å²) in [6.07, 6.45) is 1.42. The Morgan fingerprint density at radius 2 is 1.76 bits per heavy atom. The van der Waals surface area contributed by atoms with Crippen molar-refractivity contribution in [1.82, 2.24) is 0 Å². The second-order valence-corrected chi connectivity index (χ2v) is 5.87. The number of carbonyl (C=O) groups is 1. The summed E-state index contributed by atoms with van der Waals surface area (Å²) in [4.78, 5) is 12.5. The molecule has 0 amide bonds. The van der Waals surface area contributed by atoms with Crippen LogP contribution in [0.15, 0.2) is 48.5 Å². The fourth-order valence-corrected chi connectivity index (χ4v) is 2.55. The minimum Gasteiger partial charge on any atom is -0.326 e. The second-order valence-electron chi connectivity index (χ2n) is 5.87. The molecule has 21 heavy (non-hydrogen) atoms. The van der Waals surface area contributed by atoms with E-state index in [9.17, 15) is 4.79 Å². The summed E-state index contributed by atoms with van der Waals surface area (Å²) in [5.74, 6) is 0.745. The first-order chi connectivity index (χ1) is 10.1. The van der Waals surface area contributed by atoms with Crippen LogP contribution in [0.3, 0.4) is 0 Å². The molecular formula is C19H23NO. The van der Waals surface area contributed by atoms with Gasteiger partial charge in [-0.25, -0.2) is 0 Å². The van der Waals surface area contributed by atoms with Crippen LogP contribution in [0.4, 0.5) is 0 Å². The van der Waals surface area contributed by atoms with E-state index in [1.54, 1.807) is 0 Å². The minimum atomic E-state index is 0.154. The van der Waals surface area contributed by atoms with Gasteiger partial charge >= 0.3 is 0 Å². The van der Waals surface area contributed by atoms with Gasteiger partial charge in [0.15, 0.2) is 5.78 Å². The zero-order valence-corrected chi connectivity index (χ0v) is 12.8. The van der Waals surface area contributed by atoms with Crippen molar-refractivity contribution in [2.24, 2.45) is 11.7 Å². The van der Waals surface area contributed by atoms with Crippen LogP contribution in [0.25, 0.3) is 0 Å². The van der Waals surface area contributed by atoms with E-state index in [0.717, 1.165) is 23.1 Å². The summed E-state index contributed by atoms with van der Waals surface area (Å²) in [6, 6.07) is 15.9. The molecule has 2 aromatic rings. The summed E-state index contributed by atoms with van der Waals surface area (Å²) in [5, 5.41) is 0. The lowest BCUT2D eigenvalue weighted by atomic mass is 9.96. The van der Waals surface area contributed by atoms with Crippen LogP contribution in [0.5, 0.6) is 0 Å². The number of carbonyl (C=O) groups excluding carboxylic acids is 1. The molecule has 2 N–H and O–H groups in total. The topological polar surface area (TPSA) is 43.1 Å². The lowest BCUT2D eigenvalue weighted by Crippen LogP contribution is -2.08. The number of hydrogen-bond donors (Lipinski definition) is 1. The van der Waals surface area contributed by atoms with Gasteiger partial charge in [-0.2, -0.15) is 0 Å². The van der Waals surface area contributed by atoms with Gasteiger partial charge < -0.3 is 5.73 Å². The van der Waals surface area contributed by atoms with Gasteiger partial charge in [-0.05, 0) is 35.1 Å². The van der Waals surface area contributed by atoms with Gasteiger partial charge in [0.1, 0.15) is 0 Å². The van der Waals surface area contributed by atoms with E-state index in [1.807, 2.05) is 42.5 Å². The van der Waals surface area contributed by atoms with E-state index in [-0.39, 0.29) is 5.78 Å². The summed E-state index contributed by atoms with van der Waals surface area (Å²) in [7, 11) is 0. The van der Waals surface area contributed by atoms with E-state index in [4.69, 9.17) is 5.73 Å². The summed E-state index contributed by atoms with van der Waals surface area (Å²) in [6.45, 7) is 4.84. The molecule has 2 nitrogen and oxygen atoms in total. The number of nitrogens with two attached hydrogens (primary N) is 1.